The van der Waals surface area contributed by atoms with Crippen molar-refractivity contribution in [2.75, 3.05) is 11.5 Å². The Balaban J connectivity index is 1.34. The Labute approximate surface area is 274 Å². The number of halogens is 1. The molecule has 234 valence electrons. The van der Waals surface area contributed by atoms with Crippen LogP contribution in [0.5, 0.6) is 5.75 Å². The Hall–Kier alpha value is -4.54. The Kier molecular flexibility index (Phi) is 9.46. The molecule has 1 aliphatic heterocycles. The maximum atomic E-state index is 14.5. The Morgan fingerprint density at radius 2 is 1.78 bits per heavy atom. The fourth-order valence-electron chi connectivity index (χ4n) is 5.45. The molecule has 46 heavy (non-hydrogen) atoms. The minimum atomic E-state index is -1.01. The molecule has 0 radical (unpaired) electrons. The van der Waals surface area contributed by atoms with Gasteiger partial charge in [0.05, 0.1) is 18.2 Å². The maximum absolute atomic E-state index is 14.5. The number of unbranched alkanes of at least 4 members (excludes halogenated alkanes) is 2. The third-order valence-corrected chi connectivity index (χ3v) is 10.0. The molecule has 1 unspecified atom stereocenters. The first-order valence-electron chi connectivity index (χ1n) is 15.1. The second-order valence-electron chi connectivity index (χ2n) is 11.0. The van der Waals surface area contributed by atoms with Gasteiger partial charge in [-0.15, -0.1) is 10.2 Å². The second kappa shape index (κ2) is 13.8. The first-order valence-corrected chi connectivity index (χ1v) is 16.9. The SMILES string of the molecule is CCCCCOc1ccc(C2C(=C(O)c3ccc(C)c(F)c3)C(=O)C(=O)N2c2nnc(SCc3cccc4ccccc34)s2)cc1. The first-order chi connectivity index (χ1) is 22.4. The molecule has 5 aromatic rings. The molecule has 0 spiro atoms. The van der Waals surface area contributed by atoms with Gasteiger partial charge in [0.2, 0.25) is 5.13 Å². The largest absolute Gasteiger partial charge is 0.507 e. The van der Waals surface area contributed by atoms with E-state index in [9.17, 15) is 19.1 Å². The van der Waals surface area contributed by atoms with Crippen LogP contribution in [0.3, 0.4) is 0 Å². The van der Waals surface area contributed by atoms with Gasteiger partial charge in [-0.3, -0.25) is 14.5 Å². The monoisotopic (exact) mass is 653 g/mol. The number of Topliss-reactive ketones (excluding diaryl/α,β-unsaturated/α-hetero) is 1. The van der Waals surface area contributed by atoms with E-state index in [2.05, 4.69) is 41.4 Å². The number of ketones is 1. The molecule has 0 aliphatic carbocycles. The first kappa shape index (κ1) is 31.4. The van der Waals surface area contributed by atoms with Crippen molar-refractivity contribution in [3.63, 3.8) is 0 Å². The molecule has 10 heteroatoms. The highest BCUT2D eigenvalue weighted by Crippen LogP contribution is 2.44. The summed E-state index contributed by atoms with van der Waals surface area (Å²) in [5.41, 5.74) is 2.05. The van der Waals surface area contributed by atoms with E-state index in [1.165, 1.54) is 40.1 Å². The van der Waals surface area contributed by atoms with Crippen molar-refractivity contribution in [2.24, 2.45) is 0 Å². The molecular weight excluding hydrogens is 622 g/mol. The van der Waals surface area contributed by atoms with Crippen molar-refractivity contribution in [1.29, 1.82) is 0 Å². The highest BCUT2D eigenvalue weighted by atomic mass is 32.2. The van der Waals surface area contributed by atoms with Crippen LogP contribution in [0.25, 0.3) is 16.5 Å². The predicted molar refractivity (Wildman–Crippen MR) is 181 cm³/mol. The van der Waals surface area contributed by atoms with Crippen molar-refractivity contribution >= 4 is 56.5 Å². The number of aromatic nitrogens is 2. The lowest BCUT2D eigenvalue weighted by molar-refractivity contribution is -0.132. The smallest absolute Gasteiger partial charge is 0.301 e. The highest BCUT2D eigenvalue weighted by Gasteiger charge is 2.48. The van der Waals surface area contributed by atoms with E-state index in [0.717, 1.165) is 41.7 Å². The summed E-state index contributed by atoms with van der Waals surface area (Å²) < 4.78 is 21.0. The third kappa shape index (κ3) is 6.41. The van der Waals surface area contributed by atoms with Gasteiger partial charge in [0.1, 0.15) is 17.3 Å². The van der Waals surface area contributed by atoms with Gasteiger partial charge in [-0.05, 0) is 59.0 Å². The van der Waals surface area contributed by atoms with E-state index in [4.69, 9.17) is 4.74 Å². The number of aliphatic hydroxyl groups excluding tert-OH is 1. The van der Waals surface area contributed by atoms with E-state index in [1.807, 2.05) is 18.2 Å². The van der Waals surface area contributed by atoms with Gasteiger partial charge in [0.15, 0.2) is 4.34 Å². The lowest BCUT2D eigenvalue weighted by atomic mass is 9.95. The van der Waals surface area contributed by atoms with Gasteiger partial charge in [-0.1, -0.05) is 110 Å². The number of benzene rings is 4. The average Bonchev–Trinajstić information content (AvgIpc) is 3.64. The molecular formula is C36H32FN3O4S2. The lowest BCUT2D eigenvalue weighted by Gasteiger charge is -2.22. The molecule has 0 saturated carbocycles. The highest BCUT2D eigenvalue weighted by molar-refractivity contribution is 8.00. The number of rotatable bonds is 11. The number of nitrogens with zero attached hydrogens (tertiary/aromatic N) is 3. The number of carbonyl (C=O) groups is 2. The van der Waals surface area contributed by atoms with Gasteiger partial charge < -0.3 is 9.84 Å². The van der Waals surface area contributed by atoms with Crippen LogP contribution < -0.4 is 9.64 Å². The third-order valence-electron chi connectivity index (χ3n) is 7.94. The number of carbonyl (C=O) groups excluding carboxylic acids is 2. The molecule has 6 rings (SSSR count). The van der Waals surface area contributed by atoms with Crippen LogP contribution >= 0.6 is 23.1 Å². The quantitative estimate of drug-likeness (QED) is 0.0381. The summed E-state index contributed by atoms with van der Waals surface area (Å²) in [7, 11) is 0. The van der Waals surface area contributed by atoms with Crippen LogP contribution in [0, 0.1) is 12.7 Å². The summed E-state index contributed by atoms with van der Waals surface area (Å²) in [6.45, 7) is 4.31. The fourth-order valence-corrected chi connectivity index (χ4v) is 7.32. The molecule has 0 bridgehead atoms. The van der Waals surface area contributed by atoms with Crippen LogP contribution in [0.2, 0.25) is 0 Å². The van der Waals surface area contributed by atoms with Gasteiger partial charge >= 0.3 is 5.91 Å². The molecule has 7 nitrogen and oxygen atoms in total. The summed E-state index contributed by atoms with van der Waals surface area (Å²) in [6.07, 6.45) is 3.08. The molecule has 1 atom stereocenters. The van der Waals surface area contributed by atoms with Crippen molar-refractivity contribution in [2.45, 2.75) is 49.2 Å². The summed E-state index contributed by atoms with van der Waals surface area (Å²) in [5, 5.41) is 22.6. The van der Waals surface area contributed by atoms with Crippen molar-refractivity contribution in [3.05, 3.63) is 119 Å². The molecule has 2 heterocycles. The standard InChI is InChI=1S/C36H32FN3O4S2/c1-3-4-7-19-44-27-17-15-24(16-18-27)31-30(32(41)25-14-13-22(2)29(37)20-25)33(42)34(43)40(31)35-38-39-36(46-35)45-21-26-11-8-10-23-9-5-6-12-28(23)26/h5-6,8-18,20,31,41H,3-4,7,19,21H2,1-2H3. The van der Waals surface area contributed by atoms with Crippen LogP contribution in [-0.4, -0.2) is 33.6 Å². The number of amides is 1. The van der Waals surface area contributed by atoms with Crippen molar-refractivity contribution < 1.29 is 23.8 Å². The number of aryl methyl sites for hydroxylation is 1. The summed E-state index contributed by atoms with van der Waals surface area (Å²) in [4.78, 5) is 28.5. The number of hydrogen-bond donors (Lipinski definition) is 1. The summed E-state index contributed by atoms with van der Waals surface area (Å²) in [5.74, 6) is -1.43. The van der Waals surface area contributed by atoms with Crippen LogP contribution in [0.4, 0.5) is 9.52 Å². The minimum Gasteiger partial charge on any atom is -0.507 e. The van der Waals surface area contributed by atoms with Crippen LogP contribution in [0.15, 0.2) is 94.8 Å². The molecule has 1 N–H and O–H groups in total. The van der Waals surface area contributed by atoms with Crippen molar-refractivity contribution in [1.82, 2.24) is 10.2 Å². The number of hydrogen-bond acceptors (Lipinski definition) is 8. The van der Waals surface area contributed by atoms with Gasteiger partial charge in [0.25, 0.3) is 5.78 Å². The predicted octanol–water partition coefficient (Wildman–Crippen LogP) is 8.63. The van der Waals surface area contributed by atoms with E-state index in [1.54, 1.807) is 31.2 Å². The van der Waals surface area contributed by atoms with E-state index in [-0.39, 0.29) is 16.3 Å². The average molecular weight is 654 g/mol. The zero-order valence-corrected chi connectivity index (χ0v) is 27.0. The minimum absolute atomic E-state index is 0.102. The molecule has 1 fully saturated rings. The molecule has 4 aromatic carbocycles. The van der Waals surface area contributed by atoms with Crippen LogP contribution in [-0.2, 0) is 15.3 Å². The van der Waals surface area contributed by atoms with E-state index >= 15 is 0 Å². The maximum Gasteiger partial charge on any atom is 0.301 e. The fraction of sp³-hybridized carbons (Fsp3) is 0.222. The topological polar surface area (TPSA) is 92.6 Å². The summed E-state index contributed by atoms with van der Waals surface area (Å²) >= 11 is 2.69. The normalized spacial score (nSPS) is 16.0. The van der Waals surface area contributed by atoms with Crippen LogP contribution in [0.1, 0.15) is 54.5 Å². The Bertz CT molecular complexity index is 1930. The lowest BCUT2D eigenvalue weighted by Crippen LogP contribution is -2.29. The van der Waals surface area contributed by atoms with Crippen molar-refractivity contribution in [3.8, 4) is 5.75 Å². The van der Waals surface area contributed by atoms with Gasteiger partial charge in [-0.25, -0.2) is 4.39 Å². The Morgan fingerprint density at radius 3 is 2.57 bits per heavy atom. The van der Waals surface area contributed by atoms with Gasteiger partial charge in [0, 0.05) is 11.3 Å². The van der Waals surface area contributed by atoms with E-state index in [0.29, 0.717) is 33.6 Å². The zero-order valence-electron chi connectivity index (χ0n) is 25.4. The number of thioether (sulfide) groups is 1. The second-order valence-corrected chi connectivity index (χ2v) is 13.2. The number of anilines is 1. The number of ether oxygens (including phenoxy) is 1. The Morgan fingerprint density at radius 1 is 1.00 bits per heavy atom. The molecule has 1 saturated heterocycles. The molecule has 1 amide bonds. The molecule has 1 aliphatic rings. The van der Waals surface area contributed by atoms with E-state index < -0.39 is 29.3 Å². The number of aliphatic hydroxyl groups is 1. The molecule has 1 aromatic heterocycles. The summed E-state index contributed by atoms with van der Waals surface area (Å²) in [6, 6.07) is 24.6. The van der Waals surface area contributed by atoms with Gasteiger partial charge in [-0.2, -0.15) is 0 Å². The number of fused-ring (bicyclic) bond motifs is 1. The zero-order chi connectivity index (χ0) is 32.2.